The molecule has 0 aliphatic rings. The second-order valence-corrected chi connectivity index (χ2v) is 7.60. The van der Waals surface area contributed by atoms with Crippen molar-refractivity contribution < 1.29 is 8.42 Å². The zero-order chi connectivity index (χ0) is 14.6. The van der Waals surface area contributed by atoms with Crippen LogP contribution in [0, 0.1) is 6.92 Å². The number of rotatable bonds is 6. The molecule has 2 rings (SSSR count). The predicted octanol–water partition coefficient (Wildman–Crippen LogP) is 2.85. The van der Waals surface area contributed by atoms with Crippen molar-refractivity contribution in [2.45, 2.75) is 19.8 Å². The molecule has 0 saturated carbocycles. The van der Waals surface area contributed by atoms with Crippen molar-refractivity contribution in [2.24, 2.45) is 0 Å². The summed E-state index contributed by atoms with van der Waals surface area (Å²) in [5.41, 5.74) is 2.01. The first-order chi connectivity index (χ1) is 9.49. The highest BCUT2D eigenvalue weighted by atomic mass is 32.2. The van der Waals surface area contributed by atoms with Crippen LogP contribution in [-0.4, -0.2) is 26.2 Å². The van der Waals surface area contributed by atoms with Gasteiger partial charge in [0.25, 0.3) is 0 Å². The van der Waals surface area contributed by atoms with E-state index in [4.69, 9.17) is 0 Å². The summed E-state index contributed by atoms with van der Waals surface area (Å²) in [4.78, 5) is 4.21. The Labute approximate surface area is 124 Å². The van der Waals surface area contributed by atoms with Gasteiger partial charge in [0.05, 0.1) is 11.4 Å². The highest BCUT2D eigenvalue weighted by Gasteiger charge is 2.20. The summed E-state index contributed by atoms with van der Waals surface area (Å²) in [5, 5.41) is 2.38. The number of hydrogen-bond donors (Lipinski definition) is 0. The molecule has 0 radical (unpaired) electrons. The summed E-state index contributed by atoms with van der Waals surface area (Å²) in [6, 6.07) is 9.92. The normalized spacial score (nSPS) is 11.5. The zero-order valence-electron chi connectivity index (χ0n) is 11.6. The van der Waals surface area contributed by atoms with Crippen molar-refractivity contribution in [1.82, 2.24) is 4.98 Å². The highest BCUT2D eigenvalue weighted by Crippen LogP contribution is 2.21. The van der Waals surface area contributed by atoms with Crippen LogP contribution in [0.25, 0.3) is 0 Å². The molecule has 0 spiro atoms. The molecule has 4 nitrogen and oxygen atoms in total. The maximum Gasteiger partial charge on any atom is 0.236 e. The second kappa shape index (κ2) is 6.37. The molecule has 0 aliphatic carbocycles. The molecular formula is C14H18N2O2S2. The summed E-state index contributed by atoms with van der Waals surface area (Å²) in [7, 11) is -1.72. The summed E-state index contributed by atoms with van der Waals surface area (Å²) in [5.74, 6) is 0.136. The van der Waals surface area contributed by atoms with E-state index in [-0.39, 0.29) is 5.75 Å². The van der Waals surface area contributed by atoms with Crippen LogP contribution in [0.5, 0.6) is 0 Å². The van der Waals surface area contributed by atoms with E-state index in [1.165, 1.54) is 15.6 Å². The van der Waals surface area contributed by atoms with Gasteiger partial charge in [0.15, 0.2) is 5.13 Å². The fourth-order valence-corrected chi connectivity index (χ4v) is 4.05. The molecule has 0 fully saturated rings. The molecule has 0 unspecified atom stereocenters. The molecule has 1 aromatic heterocycles. The van der Waals surface area contributed by atoms with Gasteiger partial charge in [-0.05, 0) is 25.3 Å². The lowest BCUT2D eigenvalue weighted by Gasteiger charge is -2.16. The third-order valence-corrected chi connectivity index (χ3v) is 5.97. The van der Waals surface area contributed by atoms with Crippen molar-refractivity contribution in [3.05, 3.63) is 47.0 Å². The first kappa shape index (κ1) is 15.0. The van der Waals surface area contributed by atoms with E-state index < -0.39 is 10.0 Å². The number of aromatic nitrogens is 1. The van der Waals surface area contributed by atoms with Crippen LogP contribution >= 0.6 is 11.3 Å². The Morgan fingerprint density at radius 2 is 1.95 bits per heavy atom. The van der Waals surface area contributed by atoms with Gasteiger partial charge < -0.3 is 0 Å². The maximum atomic E-state index is 12.2. The summed E-state index contributed by atoms with van der Waals surface area (Å²) in [6.07, 6.45) is 1.38. The average Bonchev–Trinajstić information content (AvgIpc) is 2.85. The van der Waals surface area contributed by atoms with Gasteiger partial charge in [0.1, 0.15) is 0 Å². The molecule has 6 heteroatoms. The Morgan fingerprint density at radius 3 is 2.55 bits per heavy atom. The summed E-state index contributed by atoms with van der Waals surface area (Å²) >= 11 is 1.35. The number of benzene rings is 1. The first-order valence-electron chi connectivity index (χ1n) is 6.42. The van der Waals surface area contributed by atoms with Gasteiger partial charge in [-0.25, -0.2) is 17.7 Å². The fourth-order valence-electron chi connectivity index (χ4n) is 1.85. The number of anilines is 1. The van der Waals surface area contributed by atoms with Crippen molar-refractivity contribution in [1.29, 1.82) is 0 Å². The number of thiazole rings is 1. The highest BCUT2D eigenvalue weighted by molar-refractivity contribution is 7.92. The standard InChI is InChI=1S/C14H18N2O2S2/c1-12-11-19-14(15-12)16(2)20(17,18)10-6-9-13-7-4-3-5-8-13/h3-5,7-8,11H,6,9-10H2,1-2H3. The van der Waals surface area contributed by atoms with Crippen LogP contribution in [0.2, 0.25) is 0 Å². The van der Waals surface area contributed by atoms with Gasteiger partial charge in [0, 0.05) is 12.4 Å². The van der Waals surface area contributed by atoms with Crippen LogP contribution in [0.1, 0.15) is 17.7 Å². The Bertz CT molecular complexity index is 651. The monoisotopic (exact) mass is 310 g/mol. The largest absolute Gasteiger partial charge is 0.248 e. The molecule has 2 aromatic rings. The number of sulfonamides is 1. The van der Waals surface area contributed by atoms with Gasteiger partial charge in [-0.3, -0.25) is 0 Å². The third kappa shape index (κ3) is 3.80. The molecule has 0 N–H and O–H groups in total. The smallest absolute Gasteiger partial charge is 0.236 e. The van der Waals surface area contributed by atoms with Crippen molar-refractivity contribution >= 4 is 26.5 Å². The van der Waals surface area contributed by atoms with Gasteiger partial charge in [-0.1, -0.05) is 30.3 Å². The van der Waals surface area contributed by atoms with E-state index in [1.807, 2.05) is 42.6 Å². The zero-order valence-corrected chi connectivity index (χ0v) is 13.2. The molecule has 1 heterocycles. The van der Waals surface area contributed by atoms with E-state index in [1.54, 1.807) is 7.05 Å². The first-order valence-corrected chi connectivity index (χ1v) is 8.90. The van der Waals surface area contributed by atoms with Crippen LogP contribution in [0.15, 0.2) is 35.7 Å². The van der Waals surface area contributed by atoms with Crippen LogP contribution < -0.4 is 4.31 Å². The minimum atomic E-state index is -3.29. The number of hydrogen-bond acceptors (Lipinski definition) is 4. The molecule has 1 aromatic carbocycles. The lowest BCUT2D eigenvalue weighted by Crippen LogP contribution is -2.29. The lowest BCUT2D eigenvalue weighted by molar-refractivity contribution is 0.591. The lowest BCUT2D eigenvalue weighted by atomic mass is 10.1. The third-order valence-electron chi connectivity index (χ3n) is 3.00. The van der Waals surface area contributed by atoms with Crippen LogP contribution in [0.3, 0.4) is 0 Å². The topological polar surface area (TPSA) is 50.3 Å². The SMILES string of the molecule is Cc1csc(N(C)S(=O)(=O)CCCc2ccccc2)n1. The molecule has 0 saturated heterocycles. The van der Waals surface area contributed by atoms with E-state index in [0.29, 0.717) is 11.6 Å². The predicted molar refractivity (Wildman–Crippen MR) is 83.8 cm³/mol. The number of aryl methyl sites for hydroxylation is 2. The van der Waals surface area contributed by atoms with E-state index in [0.717, 1.165) is 17.7 Å². The average molecular weight is 310 g/mol. The van der Waals surface area contributed by atoms with E-state index >= 15 is 0 Å². The second-order valence-electron chi connectivity index (χ2n) is 4.64. The fraction of sp³-hybridized carbons (Fsp3) is 0.357. The van der Waals surface area contributed by atoms with Gasteiger partial charge in [0.2, 0.25) is 10.0 Å². The van der Waals surface area contributed by atoms with Crippen LogP contribution in [-0.2, 0) is 16.4 Å². The summed E-state index contributed by atoms with van der Waals surface area (Å²) < 4.78 is 25.7. The quantitative estimate of drug-likeness (QED) is 0.824. The minimum absolute atomic E-state index is 0.136. The molecule has 0 aliphatic heterocycles. The van der Waals surface area contributed by atoms with E-state index in [2.05, 4.69) is 4.98 Å². The maximum absolute atomic E-state index is 12.2. The molecule has 0 bridgehead atoms. The molecular weight excluding hydrogens is 292 g/mol. The summed E-state index contributed by atoms with van der Waals surface area (Å²) in [6.45, 7) is 1.86. The molecule has 0 atom stereocenters. The van der Waals surface area contributed by atoms with Crippen molar-refractivity contribution in [3.63, 3.8) is 0 Å². The van der Waals surface area contributed by atoms with Crippen LogP contribution in [0.4, 0.5) is 5.13 Å². The van der Waals surface area contributed by atoms with Crippen molar-refractivity contribution in [2.75, 3.05) is 17.1 Å². The van der Waals surface area contributed by atoms with Gasteiger partial charge >= 0.3 is 0 Å². The van der Waals surface area contributed by atoms with E-state index in [9.17, 15) is 8.42 Å². The Kier molecular flexibility index (Phi) is 4.77. The molecule has 0 amide bonds. The Hall–Kier alpha value is -1.40. The minimum Gasteiger partial charge on any atom is -0.248 e. The Morgan fingerprint density at radius 1 is 1.25 bits per heavy atom. The Balaban J connectivity index is 1.94. The molecule has 20 heavy (non-hydrogen) atoms. The van der Waals surface area contributed by atoms with Gasteiger partial charge in [-0.15, -0.1) is 11.3 Å². The van der Waals surface area contributed by atoms with Gasteiger partial charge in [-0.2, -0.15) is 0 Å². The van der Waals surface area contributed by atoms with Crippen molar-refractivity contribution in [3.8, 4) is 0 Å². The molecule has 108 valence electrons. The number of nitrogens with zero attached hydrogens (tertiary/aromatic N) is 2.